The summed E-state index contributed by atoms with van der Waals surface area (Å²) in [6.45, 7) is 0. The zero-order valence-corrected chi connectivity index (χ0v) is 11.1. The second kappa shape index (κ2) is 6.88. The molecule has 0 fully saturated rings. The van der Waals surface area contributed by atoms with Crippen molar-refractivity contribution in [2.45, 2.75) is 24.9 Å². The fourth-order valence-electron chi connectivity index (χ4n) is 2.00. The molecule has 0 saturated heterocycles. The molecule has 2 atom stereocenters. The number of carbonyl (C=O) groups is 1. The molecule has 104 valence electrons. The first-order valence-corrected chi connectivity index (χ1v) is 6.49. The van der Waals surface area contributed by atoms with Crippen molar-refractivity contribution in [2.75, 3.05) is 0 Å². The molecule has 4 N–H and O–H groups in total. The number of nitrogens with two attached hydrogens (primary N) is 2. The number of hydrogen-bond donors (Lipinski definition) is 2. The van der Waals surface area contributed by atoms with Crippen molar-refractivity contribution in [3.63, 3.8) is 0 Å². The highest BCUT2D eigenvalue weighted by molar-refractivity contribution is 5.80. The van der Waals surface area contributed by atoms with Crippen LogP contribution in [0.1, 0.15) is 36.1 Å². The minimum Gasteiger partial charge on any atom is -0.324 e. The Hall–Kier alpha value is -2.11. The summed E-state index contributed by atoms with van der Waals surface area (Å²) in [5.41, 5.74) is 13.7. The molecule has 2 aromatic heterocycles. The number of aromatic nitrogens is 2. The third-order valence-electron chi connectivity index (χ3n) is 3.12. The van der Waals surface area contributed by atoms with Crippen molar-refractivity contribution in [1.29, 1.82) is 0 Å². The standard InChI is InChI=1S/C15H18N4O/c16-14(11-3-1-5-18-9-11)7-13(20)8-15(17)12-4-2-6-19-10-12/h1-6,9-10,14-15H,7-8,16-17H2. The van der Waals surface area contributed by atoms with E-state index in [4.69, 9.17) is 11.5 Å². The summed E-state index contributed by atoms with van der Waals surface area (Å²) in [7, 11) is 0. The predicted molar refractivity (Wildman–Crippen MR) is 76.6 cm³/mol. The van der Waals surface area contributed by atoms with Crippen molar-refractivity contribution in [1.82, 2.24) is 9.97 Å². The summed E-state index contributed by atoms with van der Waals surface area (Å²) in [6, 6.07) is 6.68. The fraction of sp³-hybridized carbons (Fsp3) is 0.267. The van der Waals surface area contributed by atoms with E-state index in [1.165, 1.54) is 0 Å². The minimum absolute atomic E-state index is 0.0395. The van der Waals surface area contributed by atoms with E-state index in [2.05, 4.69) is 9.97 Å². The lowest BCUT2D eigenvalue weighted by Crippen LogP contribution is -2.20. The number of Topliss-reactive ketones (excluding diaryl/α,β-unsaturated/α-hetero) is 1. The van der Waals surface area contributed by atoms with Gasteiger partial charge in [-0.25, -0.2) is 0 Å². The Bertz CT molecular complexity index is 495. The summed E-state index contributed by atoms with van der Waals surface area (Å²) >= 11 is 0. The maximum atomic E-state index is 12.0. The van der Waals surface area contributed by atoms with E-state index >= 15 is 0 Å². The highest BCUT2D eigenvalue weighted by Crippen LogP contribution is 2.18. The Balaban J connectivity index is 1.90. The molecule has 2 aromatic rings. The number of ketones is 1. The Morgan fingerprint density at radius 3 is 1.75 bits per heavy atom. The third kappa shape index (κ3) is 3.94. The van der Waals surface area contributed by atoms with E-state index in [1.54, 1.807) is 36.9 Å². The van der Waals surface area contributed by atoms with Gasteiger partial charge in [0.05, 0.1) is 0 Å². The molecule has 5 nitrogen and oxygen atoms in total. The molecule has 0 aromatic carbocycles. The van der Waals surface area contributed by atoms with Gasteiger partial charge in [-0.3, -0.25) is 14.8 Å². The van der Waals surface area contributed by atoms with Crippen LogP contribution in [0.3, 0.4) is 0 Å². The molecule has 20 heavy (non-hydrogen) atoms. The molecule has 0 amide bonds. The monoisotopic (exact) mass is 270 g/mol. The Morgan fingerprint density at radius 1 is 0.950 bits per heavy atom. The minimum atomic E-state index is -0.336. The average molecular weight is 270 g/mol. The lowest BCUT2D eigenvalue weighted by atomic mass is 9.98. The van der Waals surface area contributed by atoms with Gasteiger partial charge in [0.1, 0.15) is 5.78 Å². The van der Waals surface area contributed by atoms with Crippen molar-refractivity contribution in [3.05, 3.63) is 60.2 Å². The van der Waals surface area contributed by atoms with Gasteiger partial charge in [-0.2, -0.15) is 0 Å². The van der Waals surface area contributed by atoms with Crippen molar-refractivity contribution >= 4 is 5.78 Å². The first-order chi connectivity index (χ1) is 9.66. The average Bonchev–Trinajstić information content (AvgIpc) is 2.49. The second-order valence-electron chi connectivity index (χ2n) is 4.73. The Morgan fingerprint density at radius 2 is 1.40 bits per heavy atom. The van der Waals surface area contributed by atoms with E-state index in [1.807, 2.05) is 12.1 Å². The predicted octanol–water partition coefficient (Wildman–Crippen LogP) is 1.53. The van der Waals surface area contributed by atoms with Gasteiger partial charge in [-0.15, -0.1) is 0 Å². The van der Waals surface area contributed by atoms with Crippen molar-refractivity contribution in [2.24, 2.45) is 11.5 Å². The molecule has 5 heteroatoms. The van der Waals surface area contributed by atoms with Crippen LogP contribution in [0.15, 0.2) is 49.1 Å². The molecule has 0 bridgehead atoms. The van der Waals surface area contributed by atoms with Gasteiger partial charge in [-0.05, 0) is 23.3 Å². The number of carbonyl (C=O) groups excluding carboxylic acids is 1. The van der Waals surface area contributed by atoms with E-state index in [0.29, 0.717) is 0 Å². The topological polar surface area (TPSA) is 94.9 Å². The largest absolute Gasteiger partial charge is 0.324 e. The zero-order chi connectivity index (χ0) is 14.4. The van der Waals surface area contributed by atoms with Crippen LogP contribution in [0.4, 0.5) is 0 Å². The summed E-state index contributed by atoms with van der Waals surface area (Å²) in [5.74, 6) is 0.0395. The van der Waals surface area contributed by atoms with Crippen LogP contribution in [0.2, 0.25) is 0 Å². The molecule has 2 unspecified atom stereocenters. The van der Waals surface area contributed by atoms with Gasteiger partial charge < -0.3 is 11.5 Å². The highest BCUT2D eigenvalue weighted by atomic mass is 16.1. The molecule has 0 aliphatic rings. The lowest BCUT2D eigenvalue weighted by molar-refractivity contribution is -0.119. The van der Waals surface area contributed by atoms with E-state index in [0.717, 1.165) is 11.1 Å². The summed E-state index contributed by atoms with van der Waals surface area (Å²) in [6.07, 6.45) is 7.24. The molecule has 0 saturated carbocycles. The van der Waals surface area contributed by atoms with Gasteiger partial charge >= 0.3 is 0 Å². The van der Waals surface area contributed by atoms with Gasteiger partial charge in [0.2, 0.25) is 0 Å². The van der Waals surface area contributed by atoms with Crippen LogP contribution in [0.25, 0.3) is 0 Å². The third-order valence-corrected chi connectivity index (χ3v) is 3.12. The SMILES string of the molecule is NC(CC(=O)CC(N)c1cccnc1)c1cccnc1. The van der Waals surface area contributed by atoms with Gasteiger partial charge in [0.25, 0.3) is 0 Å². The van der Waals surface area contributed by atoms with Crippen LogP contribution in [-0.2, 0) is 4.79 Å². The molecular weight excluding hydrogens is 252 g/mol. The fourth-order valence-corrected chi connectivity index (χ4v) is 2.00. The van der Waals surface area contributed by atoms with E-state index in [-0.39, 0.29) is 30.7 Å². The van der Waals surface area contributed by atoms with Crippen LogP contribution < -0.4 is 11.5 Å². The second-order valence-corrected chi connectivity index (χ2v) is 4.73. The van der Waals surface area contributed by atoms with Crippen LogP contribution >= 0.6 is 0 Å². The number of hydrogen-bond acceptors (Lipinski definition) is 5. The first-order valence-electron chi connectivity index (χ1n) is 6.49. The van der Waals surface area contributed by atoms with Gasteiger partial charge in [0.15, 0.2) is 0 Å². The Labute approximate surface area is 118 Å². The molecule has 0 spiro atoms. The normalized spacial score (nSPS) is 13.7. The molecule has 0 aliphatic heterocycles. The van der Waals surface area contributed by atoms with Crippen LogP contribution in [-0.4, -0.2) is 15.8 Å². The highest BCUT2D eigenvalue weighted by Gasteiger charge is 2.16. The summed E-state index contributed by atoms with van der Waals surface area (Å²) in [5, 5.41) is 0. The van der Waals surface area contributed by atoms with Crippen molar-refractivity contribution in [3.8, 4) is 0 Å². The molecule has 2 heterocycles. The van der Waals surface area contributed by atoms with Gasteiger partial charge in [0, 0.05) is 49.7 Å². The maximum Gasteiger partial charge on any atom is 0.136 e. The first kappa shape index (κ1) is 14.3. The number of nitrogens with zero attached hydrogens (tertiary/aromatic N) is 2. The number of rotatable bonds is 6. The molecule has 2 rings (SSSR count). The molecular formula is C15H18N4O. The van der Waals surface area contributed by atoms with E-state index < -0.39 is 0 Å². The summed E-state index contributed by atoms with van der Waals surface area (Å²) < 4.78 is 0. The molecule has 0 aliphatic carbocycles. The zero-order valence-electron chi connectivity index (χ0n) is 11.1. The maximum absolute atomic E-state index is 12.0. The quantitative estimate of drug-likeness (QED) is 0.830. The van der Waals surface area contributed by atoms with Crippen LogP contribution in [0.5, 0.6) is 0 Å². The van der Waals surface area contributed by atoms with Crippen LogP contribution in [0, 0.1) is 0 Å². The van der Waals surface area contributed by atoms with Crippen molar-refractivity contribution < 1.29 is 4.79 Å². The van der Waals surface area contributed by atoms with Gasteiger partial charge in [-0.1, -0.05) is 12.1 Å². The molecule has 0 radical (unpaired) electrons. The van der Waals surface area contributed by atoms with E-state index in [9.17, 15) is 4.79 Å². The number of pyridine rings is 2. The smallest absolute Gasteiger partial charge is 0.136 e. The lowest BCUT2D eigenvalue weighted by Gasteiger charge is -2.14. The Kier molecular flexibility index (Phi) is 4.92. The summed E-state index contributed by atoms with van der Waals surface area (Å²) in [4.78, 5) is 20.0.